The highest BCUT2D eigenvalue weighted by molar-refractivity contribution is 6.03. The Morgan fingerprint density at radius 1 is 1.16 bits per heavy atom. The Morgan fingerprint density at radius 3 is 2.94 bits per heavy atom. The first-order valence-electron chi connectivity index (χ1n) is 17.3. The van der Waals surface area contributed by atoms with E-state index >= 15 is 4.39 Å². The number of ether oxygens (including phenoxy) is 2. The van der Waals surface area contributed by atoms with E-state index in [9.17, 15) is 14.3 Å². The van der Waals surface area contributed by atoms with Crippen molar-refractivity contribution in [1.82, 2.24) is 30.5 Å². The molecule has 9 rings (SSSR count). The number of aromatic nitrogens is 3. The van der Waals surface area contributed by atoms with Gasteiger partial charge >= 0.3 is 6.01 Å². The Bertz CT molecular complexity index is 2110. The largest absolute Gasteiger partial charge is 0.508 e. The van der Waals surface area contributed by atoms with Gasteiger partial charge in [0.05, 0.1) is 34.7 Å². The van der Waals surface area contributed by atoms with Gasteiger partial charge in [-0.2, -0.15) is 9.97 Å². The van der Waals surface area contributed by atoms with Crippen molar-refractivity contribution in [3.8, 4) is 35.4 Å². The zero-order valence-corrected chi connectivity index (χ0v) is 27.5. The summed E-state index contributed by atoms with van der Waals surface area (Å²) in [6.07, 6.45) is 12.0. The van der Waals surface area contributed by atoms with Gasteiger partial charge in [-0.05, 0) is 62.2 Å². The third kappa shape index (κ3) is 5.11. The second-order valence-electron chi connectivity index (χ2n) is 14.5. The first-order valence-corrected chi connectivity index (χ1v) is 17.3. The highest BCUT2D eigenvalue weighted by Gasteiger charge is 2.50. The van der Waals surface area contributed by atoms with Gasteiger partial charge in [0.25, 0.3) is 0 Å². The molecule has 1 amide bonds. The number of phenols is 1. The molecule has 50 heavy (non-hydrogen) atoms. The number of nitrogens with one attached hydrogen (secondary N) is 2. The molecule has 4 atom stereocenters. The Labute approximate surface area is 287 Å². The number of hydrogen-bond donors (Lipinski definition) is 3. The number of benzene rings is 2. The number of anilines is 1. The van der Waals surface area contributed by atoms with Crippen LogP contribution in [0.5, 0.6) is 11.8 Å². The third-order valence-electron chi connectivity index (χ3n) is 11.4. The molecule has 11 nitrogen and oxygen atoms in total. The van der Waals surface area contributed by atoms with E-state index in [2.05, 4.69) is 36.3 Å². The van der Waals surface area contributed by atoms with Crippen LogP contribution < -0.4 is 20.3 Å². The standard InChI is InChI=1S/C37H37F2N7O4/c1-2-25-28(38)5-4-21-12-23(47)13-26(30(21)25)32-31(39)33-27(15-40-32)34-43-35(42-33)50-20-37-8-3-10-46(37)17-24(14-37)49-11-7-29(48)41-18-36-9-6-22(44-36)16-45(34)19-36/h1,4-5,12-13,15,22,24,44,47H,3,6-11,14,16-20H2,(H,41,48)/t22-,24+,36-,37+/m1/s1. The van der Waals surface area contributed by atoms with Crippen LogP contribution in [0.3, 0.4) is 0 Å². The van der Waals surface area contributed by atoms with Crippen LogP contribution in [0.15, 0.2) is 30.5 Å². The van der Waals surface area contributed by atoms with Crippen molar-refractivity contribution < 1.29 is 28.2 Å². The quantitative estimate of drug-likeness (QED) is 0.257. The van der Waals surface area contributed by atoms with Crippen LogP contribution in [0.2, 0.25) is 0 Å². The molecule has 258 valence electrons. The second-order valence-corrected chi connectivity index (χ2v) is 14.5. The molecule has 0 saturated carbocycles. The van der Waals surface area contributed by atoms with E-state index in [1.807, 2.05) is 0 Å². The molecule has 2 spiro atoms. The lowest BCUT2D eigenvalue weighted by atomic mass is 9.94. The van der Waals surface area contributed by atoms with Gasteiger partial charge < -0.3 is 30.1 Å². The average Bonchev–Trinajstić information content (AvgIpc) is 3.75. The smallest absolute Gasteiger partial charge is 0.319 e. The summed E-state index contributed by atoms with van der Waals surface area (Å²) >= 11 is 0. The normalized spacial score (nSPS) is 28.3. The van der Waals surface area contributed by atoms with Crippen molar-refractivity contribution in [3.63, 3.8) is 0 Å². The molecule has 5 aliphatic rings. The minimum absolute atomic E-state index is 0.00953. The number of phenolic OH excluding ortho intramolecular Hbond substituents is 1. The molecule has 4 saturated heterocycles. The molecule has 7 bridgehead atoms. The SMILES string of the molecule is C#Cc1c(F)ccc2cc(O)cc(-c3ncc4c5nc(nc4c3F)OC[C@@]34CCCN3C[C@H](C4)OCCC(=O)NC[C@]34CC[C@H](CN5C3)N4)c12. The van der Waals surface area contributed by atoms with E-state index < -0.39 is 17.2 Å². The van der Waals surface area contributed by atoms with Gasteiger partial charge in [0.1, 0.15) is 35.2 Å². The molecule has 7 heterocycles. The summed E-state index contributed by atoms with van der Waals surface area (Å²) in [5.41, 5.74) is -0.739. The first-order chi connectivity index (χ1) is 24.2. The van der Waals surface area contributed by atoms with E-state index in [1.54, 1.807) is 0 Å². The second kappa shape index (κ2) is 11.7. The van der Waals surface area contributed by atoms with Crippen LogP contribution in [0, 0.1) is 24.0 Å². The highest BCUT2D eigenvalue weighted by Crippen LogP contribution is 2.42. The van der Waals surface area contributed by atoms with Crippen molar-refractivity contribution in [3.05, 3.63) is 47.7 Å². The van der Waals surface area contributed by atoms with E-state index in [0.29, 0.717) is 49.4 Å². The predicted octanol–water partition coefficient (Wildman–Crippen LogP) is 3.64. The molecular weight excluding hydrogens is 644 g/mol. The van der Waals surface area contributed by atoms with Crippen molar-refractivity contribution in [1.29, 1.82) is 0 Å². The van der Waals surface area contributed by atoms with Crippen molar-refractivity contribution in [2.24, 2.45) is 0 Å². The van der Waals surface area contributed by atoms with E-state index in [0.717, 1.165) is 45.2 Å². The molecule has 2 aromatic carbocycles. The highest BCUT2D eigenvalue weighted by atomic mass is 19.1. The molecule has 13 heteroatoms. The monoisotopic (exact) mass is 681 g/mol. The van der Waals surface area contributed by atoms with Gasteiger partial charge in [0, 0.05) is 55.8 Å². The van der Waals surface area contributed by atoms with E-state index in [-0.39, 0.29) is 69.5 Å². The third-order valence-corrected chi connectivity index (χ3v) is 11.4. The lowest BCUT2D eigenvalue weighted by molar-refractivity contribution is -0.122. The summed E-state index contributed by atoms with van der Waals surface area (Å²) in [6, 6.07) is 5.68. The van der Waals surface area contributed by atoms with Gasteiger partial charge in [0.2, 0.25) is 5.91 Å². The van der Waals surface area contributed by atoms with Gasteiger partial charge in [-0.15, -0.1) is 6.42 Å². The van der Waals surface area contributed by atoms with Crippen LogP contribution >= 0.6 is 0 Å². The summed E-state index contributed by atoms with van der Waals surface area (Å²) in [6.45, 7) is 3.87. The summed E-state index contributed by atoms with van der Waals surface area (Å²) < 4.78 is 44.6. The Morgan fingerprint density at radius 2 is 2.06 bits per heavy atom. The first kappa shape index (κ1) is 31.3. The van der Waals surface area contributed by atoms with Crippen molar-refractivity contribution in [2.75, 3.05) is 50.8 Å². The molecule has 4 fully saturated rings. The maximum absolute atomic E-state index is 17.0. The number of pyridine rings is 1. The van der Waals surface area contributed by atoms with Gasteiger partial charge in [0.15, 0.2) is 5.82 Å². The Kier molecular flexibility index (Phi) is 7.35. The lowest BCUT2D eigenvalue weighted by Crippen LogP contribution is -2.64. The fraction of sp³-hybridized carbons (Fsp3) is 0.459. The molecule has 5 aliphatic heterocycles. The number of piperazine rings is 1. The topological polar surface area (TPSA) is 125 Å². The number of amides is 1. The minimum atomic E-state index is -0.768. The molecule has 3 N–H and O–H groups in total. The van der Waals surface area contributed by atoms with Crippen LogP contribution in [0.4, 0.5) is 14.6 Å². The fourth-order valence-electron chi connectivity index (χ4n) is 9.06. The number of carbonyl (C=O) groups excluding carboxylic acids is 1. The van der Waals surface area contributed by atoms with Crippen LogP contribution in [-0.4, -0.2) is 100 Å². The molecular formula is C37H37F2N7O4. The number of rotatable bonds is 1. The number of nitrogens with zero attached hydrogens (tertiary/aromatic N) is 5. The summed E-state index contributed by atoms with van der Waals surface area (Å²) in [4.78, 5) is 31.6. The summed E-state index contributed by atoms with van der Waals surface area (Å²) in [7, 11) is 0. The number of fused-ring (bicyclic) bond motifs is 9. The van der Waals surface area contributed by atoms with Crippen molar-refractivity contribution in [2.45, 2.75) is 61.7 Å². The summed E-state index contributed by atoms with van der Waals surface area (Å²) in [5, 5.41) is 18.6. The Hall–Kier alpha value is -4.64. The molecule has 0 aliphatic carbocycles. The van der Waals surface area contributed by atoms with Gasteiger partial charge in [-0.3, -0.25) is 14.7 Å². The van der Waals surface area contributed by atoms with E-state index in [1.165, 1.54) is 30.5 Å². The average molecular weight is 682 g/mol. The van der Waals surface area contributed by atoms with Crippen molar-refractivity contribution >= 4 is 33.4 Å². The van der Waals surface area contributed by atoms with Crippen LogP contribution in [0.25, 0.3) is 32.9 Å². The summed E-state index contributed by atoms with van der Waals surface area (Å²) in [5.74, 6) is 1.27. The molecule has 0 unspecified atom stereocenters. The molecule has 2 aromatic heterocycles. The number of terminal acetylenes is 1. The zero-order valence-electron chi connectivity index (χ0n) is 27.5. The number of aromatic hydroxyl groups is 1. The van der Waals surface area contributed by atoms with Crippen LogP contribution in [0.1, 0.15) is 44.1 Å². The number of carbonyl (C=O) groups is 1. The van der Waals surface area contributed by atoms with Crippen LogP contribution in [-0.2, 0) is 9.53 Å². The minimum Gasteiger partial charge on any atom is -0.508 e. The maximum Gasteiger partial charge on any atom is 0.319 e. The lowest BCUT2D eigenvalue weighted by Gasteiger charge is -2.42. The molecule has 4 aromatic rings. The van der Waals surface area contributed by atoms with Gasteiger partial charge in [-0.25, -0.2) is 8.78 Å². The number of halogens is 2. The molecule has 0 radical (unpaired) electrons. The fourth-order valence-corrected chi connectivity index (χ4v) is 9.06. The van der Waals surface area contributed by atoms with E-state index in [4.69, 9.17) is 20.9 Å². The number of hydrogen-bond acceptors (Lipinski definition) is 10. The Balaban J connectivity index is 1.20. The van der Waals surface area contributed by atoms with Gasteiger partial charge in [-0.1, -0.05) is 12.0 Å². The maximum atomic E-state index is 17.0. The zero-order chi connectivity index (χ0) is 34.2. The predicted molar refractivity (Wildman–Crippen MR) is 182 cm³/mol.